The Morgan fingerprint density at radius 3 is 2.45 bits per heavy atom. The van der Waals surface area contributed by atoms with Gasteiger partial charge in [0, 0.05) is 12.7 Å². The molecule has 0 bridgehead atoms. The number of carbonyl (C=O) groups excluding carboxylic acids is 2. The van der Waals surface area contributed by atoms with Crippen molar-refractivity contribution in [3.8, 4) is 0 Å². The predicted molar refractivity (Wildman–Crippen MR) is 117 cm³/mol. The molecule has 0 fully saturated rings. The van der Waals surface area contributed by atoms with E-state index in [1.165, 1.54) is 0 Å². The third-order valence-corrected chi connectivity index (χ3v) is 5.82. The molecule has 6 nitrogen and oxygen atoms in total. The largest absolute Gasteiger partial charge is 0.334 e. The third kappa shape index (κ3) is 5.40. The van der Waals surface area contributed by atoms with Crippen molar-refractivity contribution in [2.45, 2.75) is 20.4 Å². The minimum absolute atomic E-state index is 0.0124. The van der Waals surface area contributed by atoms with Gasteiger partial charge in [-0.2, -0.15) is 0 Å². The summed E-state index contributed by atoms with van der Waals surface area (Å²) in [6.07, 6.45) is 0. The van der Waals surface area contributed by atoms with Gasteiger partial charge in [0.15, 0.2) is 13.1 Å². The van der Waals surface area contributed by atoms with Crippen molar-refractivity contribution in [3.63, 3.8) is 0 Å². The molecular weight excluding hydrogens is 384 g/mol. The molecule has 3 rings (SSSR count). The molecule has 3 aromatic rings. The lowest BCUT2D eigenvalue weighted by Crippen LogP contribution is -3.11. The van der Waals surface area contributed by atoms with Crippen LogP contribution in [0.5, 0.6) is 0 Å². The number of benzene rings is 2. The van der Waals surface area contributed by atoms with Gasteiger partial charge in [0.05, 0.1) is 23.8 Å². The number of thiazole rings is 1. The van der Waals surface area contributed by atoms with E-state index in [-0.39, 0.29) is 24.9 Å². The van der Waals surface area contributed by atoms with Gasteiger partial charge in [0.2, 0.25) is 0 Å². The molecule has 2 aromatic carbocycles. The van der Waals surface area contributed by atoms with Gasteiger partial charge in [0.1, 0.15) is 5.01 Å². The third-order valence-electron chi connectivity index (χ3n) is 4.80. The van der Waals surface area contributed by atoms with E-state index in [0.29, 0.717) is 6.54 Å². The van der Waals surface area contributed by atoms with Crippen LogP contribution in [0.2, 0.25) is 0 Å². The number of para-hydroxylation sites is 2. The van der Waals surface area contributed by atoms with E-state index in [2.05, 4.69) is 10.3 Å². The van der Waals surface area contributed by atoms with Crippen molar-refractivity contribution in [2.24, 2.45) is 0 Å². The van der Waals surface area contributed by atoms with Crippen LogP contribution in [0.3, 0.4) is 0 Å². The topological polar surface area (TPSA) is 66.7 Å². The van der Waals surface area contributed by atoms with Gasteiger partial charge >= 0.3 is 0 Å². The first kappa shape index (κ1) is 21.0. The van der Waals surface area contributed by atoms with E-state index in [9.17, 15) is 9.59 Å². The van der Waals surface area contributed by atoms with E-state index >= 15 is 0 Å². The van der Waals surface area contributed by atoms with E-state index in [1.807, 2.05) is 63.4 Å². The van der Waals surface area contributed by atoms with Gasteiger partial charge in [-0.1, -0.05) is 30.3 Å². The fourth-order valence-corrected chi connectivity index (χ4v) is 4.22. The molecule has 152 valence electrons. The zero-order valence-corrected chi connectivity index (χ0v) is 18.1. The highest BCUT2D eigenvalue weighted by Crippen LogP contribution is 2.22. The second kappa shape index (κ2) is 9.15. The highest BCUT2D eigenvalue weighted by atomic mass is 32.1. The molecule has 7 heteroatoms. The number of fused-ring (bicyclic) bond motifs is 1. The lowest BCUT2D eigenvalue weighted by Gasteiger charge is -2.19. The van der Waals surface area contributed by atoms with Crippen molar-refractivity contribution in [1.82, 2.24) is 9.88 Å². The zero-order valence-electron chi connectivity index (χ0n) is 17.3. The van der Waals surface area contributed by atoms with E-state index in [0.717, 1.165) is 36.9 Å². The van der Waals surface area contributed by atoms with Crippen molar-refractivity contribution < 1.29 is 14.5 Å². The Bertz CT molecular complexity index is 977. The van der Waals surface area contributed by atoms with E-state index in [1.54, 1.807) is 23.3 Å². The molecule has 0 aliphatic carbocycles. The molecule has 2 N–H and O–H groups in total. The van der Waals surface area contributed by atoms with Crippen molar-refractivity contribution in [3.05, 3.63) is 58.6 Å². The average molecular weight is 412 g/mol. The Hall–Kier alpha value is -2.77. The lowest BCUT2D eigenvalue weighted by atomic mass is 10.1. The molecule has 1 aromatic heterocycles. The highest BCUT2D eigenvalue weighted by molar-refractivity contribution is 7.18. The van der Waals surface area contributed by atoms with Crippen molar-refractivity contribution >= 4 is 39.1 Å². The number of hydrogen-bond donors (Lipinski definition) is 2. The number of rotatable bonds is 7. The Labute approximate surface area is 175 Å². The minimum atomic E-state index is -0.0958. The number of carbonyl (C=O) groups is 2. The van der Waals surface area contributed by atoms with Crippen molar-refractivity contribution in [1.29, 1.82) is 0 Å². The number of likely N-dealkylation sites (N-methyl/N-ethyl adjacent to an activating group) is 2. The summed E-state index contributed by atoms with van der Waals surface area (Å²) < 4.78 is 1.12. The maximum absolute atomic E-state index is 12.6. The van der Waals surface area contributed by atoms with Crippen LogP contribution in [0.1, 0.15) is 16.1 Å². The molecule has 1 unspecified atom stereocenters. The summed E-state index contributed by atoms with van der Waals surface area (Å²) in [5, 5.41) is 3.88. The molecular formula is C22H27N4O2S+. The summed E-state index contributed by atoms with van der Waals surface area (Å²) in [5.74, 6) is -0.108. The number of anilines is 1. The molecule has 1 atom stereocenters. The van der Waals surface area contributed by atoms with Gasteiger partial charge in [0.25, 0.3) is 11.8 Å². The molecule has 0 radical (unpaired) electrons. The summed E-state index contributed by atoms with van der Waals surface area (Å²) in [4.78, 5) is 32.1. The van der Waals surface area contributed by atoms with Gasteiger partial charge < -0.3 is 15.1 Å². The normalized spacial score (nSPS) is 12.0. The van der Waals surface area contributed by atoms with Gasteiger partial charge in [-0.3, -0.25) is 9.59 Å². The predicted octanol–water partition coefficient (Wildman–Crippen LogP) is 2.02. The molecule has 0 aliphatic heterocycles. The Morgan fingerprint density at radius 2 is 1.76 bits per heavy atom. The number of amides is 2. The number of quaternary nitrogens is 1. The minimum Gasteiger partial charge on any atom is -0.334 e. The van der Waals surface area contributed by atoms with Crippen LogP contribution in [0.4, 0.5) is 5.69 Å². The summed E-state index contributed by atoms with van der Waals surface area (Å²) in [7, 11) is 3.63. The number of hydrogen-bond acceptors (Lipinski definition) is 4. The Balaban J connectivity index is 1.52. The molecule has 1 heterocycles. The molecule has 0 spiro atoms. The van der Waals surface area contributed by atoms with Gasteiger partial charge in [-0.05, 0) is 37.1 Å². The van der Waals surface area contributed by atoms with Gasteiger partial charge in [-0.25, -0.2) is 4.98 Å². The standard InChI is InChI=1S/C22H26N4O2S/c1-15-8-7-9-16(2)22(15)24-19(27)12-25(3)14-21(28)26(4)13-20-23-17-10-5-6-11-18(17)29-20/h5-11H,12-14H2,1-4H3,(H,24,27)/p+1. The second-order valence-electron chi connectivity index (χ2n) is 7.45. The van der Waals surface area contributed by atoms with E-state index in [4.69, 9.17) is 0 Å². The monoisotopic (exact) mass is 411 g/mol. The number of nitrogens with zero attached hydrogens (tertiary/aromatic N) is 2. The highest BCUT2D eigenvalue weighted by Gasteiger charge is 2.19. The summed E-state index contributed by atoms with van der Waals surface area (Å²) in [6, 6.07) is 13.9. The van der Waals surface area contributed by atoms with Crippen LogP contribution in [-0.4, -0.2) is 48.9 Å². The number of nitrogens with one attached hydrogen (secondary N) is 2. The average Bonchev–Trinajstić information content (AvgIpc) is 3.06. The lowest BCUT2D eigenvalue weighted by molar-refractivity contribution is -0.862. The second-order valence-corrected chi connectivity index (χ2v) is 8.57. The van der Waals surface area contributed by atoms with Crippen LogP contribution in [0.25, 0.3) is 10.2 Å². The summed E-state index contributed by atoms with van der Waals surface area (Å²) >= 11 is 1.60. The number of aryl methyl sites for hydroxylation is 2. The van der Waals surface area contributed by atoms with Crippen LogP contribution in [-0.2, 0) is 16.1 Å². The molecule has 29 heavy (non-hydrogen) atoms. The van der Waals surface area contributed by atoms with Crippen LogP contribution in [0.15, 0.2) is 42.5 Å². The first-order chi connectivity index (χ1) is 13.8. The molecule has 0 saturated carbocycles. The fourth-order valence-electron chi connectivity index (χ4n) is 3.20. The van der Waals surface area contributed by atoms with Crippen LogP contribution in [0, 0.1) is 13.8 Å². The SMILES string of the molecule is Cc1cccc(C)c1NC(=O)C[NH+](C)CC(=O)N(C)Cc1nc2ccccc2s1. The van der Waals surface area contributed by atoms with Crippen LogP contribution >= 0.6 is 11.3 Å². The summed E-state index contributed by atoms with van der Waals surface area (Å²) in [5.41, 5.74) is 3.87. The van der Waals surface area contributed by atoms with Crippen molar-refractivity contribution in [2.75, 3.05) is 32.5 Å². The quantitative estimate of drug-likeness (QED) is 0.625. The first-order valence-corrected chi connectivity index (χ1v) is 10.4. The maximum atomic E-state index is 12.6. The van der Waals surface area contributed by atoms with E-state index < -0.39 is 0 Å². The Kier molecular flexibility index (Phi) is 6.61. The first-order valence-electron chi connectivity index (χ1n) is 9.59. The molecule has 2 amide bonds. The Morgan fingerprint density at radius 1 is 1.07 bits per heavy atom. The fraction of sp³-hybridized carbons (Fsp3) is 0.318. The zero-order chi connectivity index (χ0) is 21.0. The molecule has 0 saturated heterocycles. The molecule has 0 aliphatic rings. The van der Waals surface area contributed by atoms with Crippen LogP contribution < -0.4 is 10.2 Å². The van der Waals surface area contributed by atoms with Gasteiger partial charge in [-0.15, -0.1) is 11.3 Å². The smallest absolute Gasteiger partial charge is 0.279 e. The maximum Gasteiger partial charge on any atom is 0.279 e. The summed E-state index contributed by atoms with van der Waals surface area (Å²) in [6.45, 7) is 4.90. The number of aromatic nitrogens is 1.